The van der Waals surface area contributed by atoms with Crippen LogP contribution in [0.4, 0.5) is 0 Å². The number of guanidine groups is 1. The van der Waals surface area contributed by atoms with Gasteiger partial charge in [0.25, 0.3) is 0 Å². The third-order valence-corrected chi connectivity index (χ3v) is 4.55. The van der Waals surface area contributed by atoms with E-state index in [1.807, 2.05) is 18.2 Å². The number of hydrogen-bond acceptors (Lipinski definition) is 3. The maximum Gasteiger partial charge on any atom is 0.220 e. The molecule has 0 radical (unpaired) electrons. The van der Waals surface area contributed by atoms with Crippen LogP contribution in [-0.2, 0) is 11.3 Å². The highest BCUT2D eigenvalue weighted by Crippen LogP contribution is 2.21. The lowest BCUT2D eigenvalue weighted by Crippen LogP contribution is -2.46. The summed E-state index contributed by atoms with van der Waals surface area (Å²) in [5, 5.41) is 6.10. The number of halogens is 1. The van der Waals surface area contributed by atoms with Crippen LogP contribution in [0.25, 0.3) is 0 Å². The van der Waals surface area contributed by atoms with E-state index < -0.39 is 0 Å². The van der Waals surface area contributed by atoms with E-state index in [9.17, 15) is 4.79 Å². The van der Waals surface area contributed by atoms with Gasteiger partial charge in [-0.2, -0.15) is 0 Å². The second kappa shape index (κ2) is 12.0. The second-order valence-corrected chi connectivity index (χ2v) is 6.33. The van der Waals surface area contributed by atoms with Crippen LogP contribution in [-0.4, -0.2) is 50.6 Å². The minimum atomic E-state index is 0. The largest absolute Gasteiger partial charge is 0.497 e. The van der Waals surface area contributed by atoms with E-state index in [0.717, 1.165) is 49.7 Å². The molecule has 0 bridgehead atoms. The molecule has 1 fully saturated rings. The third-order valence-electron chi connectivity index (χ3n) is 4.55. The SMILES string of the molecule is CCNC(=NCc1cccc(OC)c1)N1CCC(CC(=O)NC)CC1.I. The lowest BCUT2D eigenvalue weighted by molar-refractivity contribution is -0.121. The average molecular weight is 474 g/mol. The zero-order valence-electron chi connectivity index (χ0n) is 16.0. The van der Waals surface area contributed by atoms with Gasteiger partial charge in [0, 0.05) is 33.1 Å². The van der Waals surface area contributed by atoms with E-state index in [2.05, 4.69) is 28.5 Å². The zero-order valence-corrected chi connectivity index (χ0v) is 18.3. The van der Waals surface area contributed by atoms with Crippen LogP contribution in [0.1, 0.15) is 31.7 Å². The molecule has 0 saturated carbocycles. The number of amides is 1. The summed E-state index contributed by atoms with van der Waals surface area (Å²) in [6.07, 6.45) is 2.68. The first-order valence-electron chi connectivity index (χ1n) is 9.03. The highest BCUT2D eigenvalue weighted by Gasteiger charge is 2.23. The Bertz CT molecular complexity index is 587. The third kappa shape index (κ3) is 7.01. The fraction of sp³-hybridized carbons (Fsp3) is 0.579. The van der Waals surface area contributed by atoms with Gasteiger partial charge in [0.2, 0.25) is 5.91 Å². The maximum atomic E-state index is 11.5. The molecule has 2 rings (SSSR count). The highest BCUT2D eigenvalue weighted by atomic mass is 127. The van der Waals surface area contributed by atoms with Crippen molar-refractivity contribution in [2.45, 2.75) is 32.7 Å². The van der Waals surface area contributed by atoms with E-state index in [1.54, 1.807) is 14.2 Å². The minimum absolute atomic E-state index is 0. The molecule has 1 aromatic rings. The van der Waals surface area contributed by atoms with Gasteiger partial charge in [-0.25, -0.2) is 4.99 Å². The van der Waals surface area contributed by atoms with E-state index in [4.69, 9.17) is 9.73 Å². The number of benzene rings is 1. The molecule has 1 saturated heterocycles. The van der Waals surface area contributed by atoms with Crippen molar-refractivity contribution in [2.75, 3.05) is 33.8 Å². The van der Waals surface area contributed by atoms with Gasteiger partial charge in [0.05, 0.1) is 13.7 Å². The molecule has 1 aliphatic heterocycles. The topological polar surface area (TPSA) is 66.0 Å². The molecule has 0 unspecified atom stereocenters. The number of carbonyl (C=O) groups excluding carboxylic acids is 1. The summed E-state index contributed by atoms with van der Waals surface area (Å²) < 4.78 is 5.27. The number of hydrogen-bond donors (Lipinski definition) is 2. The molecule has 0 aromatic heterocycles. The maximum absolute atomic E-state index is 11.5. The predicted octanol–water partition coefficient (Wildman–Crippen LogP) is 2.63. The summed E-state index contributed by atoms with van der Waals surface area (Å²) in [7, 11) is 3.38. The summed E-state index contributed by atoms with van der Waals surface area (Å²) in [4.78, 5) is 18.6. The second-order valence-electron chi connectivity index (χ2n) is 6.33. The van der Waals surface area contributed by atoms with Gasteiger partial charge >= 0.3 is 0 Å². The van der Waals surface area contributed by atoms with Crippen LogP contribution < -0.4 is 15.4 Å². The Morgan fingerprint density at radius 2 is 2.08 bits per heavy atom. The van der Waals surface area contributed by atoms with Crippen molar-refractivity contribution in [1.29, 1.82) is 0 Å². The van der Waals surface area contributed by atoms with Crippen molar-refractivity contribution in [2.24, 2.45) is 10.9 Å². The smallest absolute Gasteiger partial charge is 0.220 e. The number of methoxy groups -OCH3 is 1. The molecule has 1 aromatic carbocycles. The quantitative estimate of drug-likeness (QED) is 0.378. The van der Waals surface area contributed by atoms with Crippen molar-refractivity contribution in [1.82, 2.24) is 15.5 Å². The van der Waals surface area contributed by atoms with Gasteiger partial charge < -0.3 is 20.3 Å². The highest BCUT2D eigenvalue weighted by molar-refractivity contribution is 14.0. The number of nitrogens with zero attached hydrogens (tertiary/aromatic N) is 2. The summed E-state index contributed by atoms with van der Waals surface area (Å²) in [5.41, 5.74) is 1.13. The van der Waals surface area contributed by atoms with E-state index in [0.29, 0.717) is 18.9 Å². The van der Waals surface area contributed by atoms with Crippen molar-refractivity contribution >= 4 is 35.8 Å². The molecule has 7 heteroatoms. The molecule has 0 atom stereocenters. The van der Waals surface area contributed by atoms with Crippen molar-refractivity contribution in [3.63, 3.8) is 0 Å². The van der Waals surface area contributed by atoms with Crippen LogP contribution in [0, 0.1) is 5.92 Å². The molecule has 2 N–H and O–H groups in total. The van der Waals surface area contributed by atoms with E-state index in [-0.39, 0.29) is 29.9 Å². The summed E-state index contributed by atoms with van der Waals surface area (Å²) in [6, 6.07) is 8.00. The Morgan fingerprint density at radius 1 is 1.35 bits per heavy atom. The first kappa shape index (κ1) is 22.5. The van der Waals surface area contributed by atoms with Gasteiger partial charge in [0.15, 0.2) is 5.96 Å². The number of aliphatic imine (C=N–C) groups is 1. The van der Waals surface area contributed by atoms with Crippen LogP contribution in [0.3, 0.4) is 0 Å². The van der Waals surface area contributed by atoms with Crippen LogP contribution in [0.2, 0.25) is 0 Å². The molecule has 1 heterocycles. The summed E-state index contributed by atoms with van der Waals surface area (Å²) in [6.45, 7) is 5.42. The van der Waals surface area contributed by atoms with E-state index >= 15 is 0 Å². The van der Waals surface area contributed by atoms with Crippen molar-refractivity contribution in [3.05, 3.63) is 29.8 Å². The van der Waals surface area contributed by atoms with Crippen LogP contribution >= 0.6 is 24.0 Å². The molecule has 146 valence electrons. The van der Waals surface area contributed by atoms with E-state index in [1.165, 1.54) is 0 Å². The molecule has 26 heavy (non-hydrogen) atoms. The first-order chi connectivity index (χ1) is 12.2. The molecule has 6 nitrogen and oxygen atoms in total. The van der Waals surface area contributed by atoms with Gasteiger partial charge in [0.1, 0.15) is 5.75 Å². The lowest BCUT2D eigenvalue weighted by atomic mass is 9.93. The zero-order chi connectivity index (χ0) is 18.1. The molecule has 0 aliphatic carbocycles. The predicted molar refractivity (Wildman–Crippen MR) is 116 cm³/mol. The average Bonchev–Trinajstić information content (AvgIpc) is 2.66. The van der Waals surface area contributed by atoms with Crippen molar-refractivity contribution < 1.29 is 9.53 Å². The fourth-order valence-corrected chi connectivity index (χ4v) is 3.08. The Labute approximate surface area is 173 Å². The number of rotatable bonds is 6. The molecule has 0 spiro atoms. The number of ether oxygens (including phenoxy) is 1. The number of likely N-dealkylation sites (tertiary alicyclic amines) is 1. The molecule has 1 aliphatic rings. The Balaban J connectivity index is 0.00000338. The fourth-order valence-electron chi connectivity index (χ4n) is 3.08. The monoisotopic (exact) mass is 474 g/mol. The van der Waals surface area contributed by atoms with Gasteiger partial charge in [-0.3, -0.25) is 4.79 Å². The Hall–Kier alpha value is -1.51. The number of carbonyl (C=O) groups is 1. The van der Waals surface area contributed by atoms with Crippen LogP contribution in [0.15, 0.2) is 29.3 Å². The Kier molecular flexibility index (Phi) is 10.4. The summed E-state index contributed by atoms with van der Waals surface area (Å²) >= 11 is 0. The number of nitrogens with one attached hydrogen (secondary N) is 2. The van der Waals surface area contributed by atoms with Gasteiger partial charge in [-0.05, 0) is 43.4 Å². The minimum Gasteiger partial charge on any atom is -0.497 e. The molecular formula is C19H31IN4O2. The van der Waals surface area contributed by atoms with Crippen LogP contribution in [0.5, 0.6) is 5.75 Å². The molecular weight excluding hydrogens is 443 g/mol. The van der Waals surface area contributed by atoms with Crippen molar-refractivity contribution in [3.8, 4) is 5.75 Å². The van der Waals surface area contributed by atoms with Gasteiger partial charge in [-0.15, -0.1) is 24.0 Å². The number of piperidine rings is 1. The lowest BCUT2D eigenvalue weighted by Gasteiger charge is -2.34. The first-order valence-corrected chi connectivity index (χ1v) is 9.03. The normalized spacial score (nSPS) is 15.2. The standard InChI is InChI=1S/C19H30N4O2.HI/c1-4-21-19(22-14-16-6-5-7-17(12-16)25-3)23-10-8-15(9-11-23)13-18(24)20-2;/h5-7,12,15H,4,8-11,13-14H2,1-3H3,(H,20,24)(H,21,22);1H. The molecule has 1 amide bonds. The summed E-state index contributed by atoms with van der Waals surface area (Å²) in [5.74, 6) is 2.41. The van der Waals surface area contributed by atoms with Gasteiger partial charge in [-0.1, -0.05) is 12.1 Å². The Morgan fingerprint density at radius 3 is 2.69 bits per heavy atom.